The molecule has 6 aliphatic carbocycles. The Balaban J connectivity index is 0.000000139. The molecule has 18 nitrogen and oxygen atoms in total. The number of ether oxygens (including phenoxy) is 4. The fraction of sp³-hybridized carbons (Fsp3) is 0.446. The first-order chi connectivity index (χ1) is 39.8. The number of rotatable bonds is 15. The van der Waals surface area contributed by atoms with Crippen molar-refractivity contribution in [2.75, 3.05) is 28.2 Å². The van der Waals surface area contributed by atoms with E-state index in [9.17, 15) is 29.7 Å². The number of epoxide rings is 1. The van der Waals surface area contributed by atoms with Gasteiger partial charge in [-0.15, -0.1) is 0 Å². The number of nitrogens with zero attached hydrogens (tertiary/aromatic N) is 5. The highest BCUT2D eigenvalue weighted by Crippen LogP contribution is 2.55. The molecule has 14 atom stereocenters. The molecule has 0 amide bonds. The van der Waals surface area contributed by atoms with E-state index in [4.69, 9.17) is 32.5 Å². The van der Waals surface area contributed by atoms with Crippen molar-refractivity contribution < 1.29 is 62.2 Å². The number of ketones is 3. The monoisotopic (exact) mass is 1130 g/mol. The third-order valence-electron chi connectivity index (χ3n) is 18.0. The van der Waals surface area contributed by atoms with Gasteiger partial charge in [-0.1, -0.05) is 163 Å². The summed E-state index contributed by atoms with van der Waals surface area (Å²) in [6.07, 6.45) is 10.8. The van der Waals surface area contributed by atoms with Crippen LogP contribution in [0.1, 0.15) is 125 Å². The Bertz CT molecular complexity index is 3370. The summed E-state index contributed by atoms with van der Waals surface area (Å²) in [6, 6.07) is 28.6. The minimum Gasteiger partial charge on any atom is -0.470 e. The van der Waals surface area contributed by atoms with Crippen LogP contribution in [0, 0.1) is 41.4 Å². The average Bonchev–Trinajstić information content (AvgIpc) is 3.81. The quantitative estimate of drug-likeness (QED) is 0.0493. The lowest BCUT2D eigenvalue weighted by molar-refractivity contribution is -0.0861. The van der Waals surface area contributed by atoms with Crippen LogP contribution in [0.3, 0.4) is 0 Å². The largest absolute Gasteiger partial charge is 0.470 e. The van der Waals surface area contributed by atoms with Crippen LogP contribution >= 0.6 is 0 Å². The van der Waals surface area contributed by atoms with E-state index in [1.807, 2.05) is 148 Å². The van der Waals surface area contributed by atoms with Crippen molar-refractivity contribution in [3.8, 4) is 17.6 Å². The Morgan fingerprint density at radius 2 is 1.17 bits per heavy atom. The van der Waals surface area contributed by atoms with Gasteiger partial charge in [0, 0.05) is 23.7 Å². The second-order valence-electron chi connectivity index (χ2n) is 23.5. The van der Waals surface area contributed by atoms with Gasteiger partial charge in [-0.05, 0) is 96.5 Å². The molecular weight excluding hydrogens is 1060 g/mol. The zero-order valence-corrected chi connectivity index (χ0v) is 48.7. The van der Waals surface area contributed by atoms with Gasteiger partial charge in [-0.3, -0.25) is 19.3 Å². The first-order valence-corrected chi connectivity index (χ1v) is 28.6. The molecule has 1 aliphatic heterocycles. The molecule has 1 fully saturated rings. The Hall–Kier alpha value is -7.32. The standard InChI is InChI=1S/C22H26N2O4.C22H25NO4.C21H24N2O5/c1-14-10-11-18-22(27-18,15(14)2)20(25)19-17(12-24(3)4)28-23-21(19)26-13-16-8-6-5-7-9-16;1-4-16-17-10-11-22(25,14(3)13(17)2)20(24)18-19(16)27-23-21(18)26-12-15-8-6-5-7-9-15;1-12-15(24)10-9-14-17(23(2)3)18-16(19(25)21(12,14)26)20(22-28-18)27-11-13-7-5-4-6-8-13/h5-11,14-15,18H,12-13H2,1-4H3;5-11,13-14,16-17,25H,4,12H2,1-3H3;4-10,12,14-15,17,24,26H,11H2,1-3H3/t14-,15-,18+,22-;13-,14+,16-,17-,22-;12-,14+,15-,17+,21-/m101/s1. The summed E-state index contributed by atoms with van der Waals surface area (Å²) in [6.45, 7) is 13.2. The summed E-state index contributed by atoms with van der Waals surface area (Å²) >= 11 is 0. The molecule has 2 bridgehead atoms. The SMILES string of the molecule is CC[C@@H]1c2onc(OCc3ccccc3)c2C(=O)[C@]2(O)C=C[C@H]1[C@@H](C)[C@H]2C.C[C@@H]1C=C[C@@H]2O[C@]2(C(=O)c2c(OCc3ccccc3)noc2CN(C)C)[C@@H]1C.C[C@@H]1[C@H](O)C=C[C@H]2[C@H](N(C)C)c3onc(OCc4ccccc4)c3C(=O)[C@@]12O. The summed E-state index contributed by atoms with van der Waals surface area (Å²) in [5, 5.41) is 45.1. The van der Waals surface area contributed by atoms with Gasteiger partial charge in [0.2, 0.25) is 17.3 Å². The zero-order valence-electron chi connectivity index (χ0n) is 48.7. The Morgan fingerprint density at radius 3 is 1.71 bits per heavy atom. The van der Waals surface area contributed by atoms with Crippen molar-refractivity contribution in [1.29, 1.82) is 0 Å². The summed E-state index contributed by atoms with van der Waals surface area (Å²) in [4.78, 5) is 44.3. The molecule has 1 saturated heterocycles. The molecule has 4 heterocycles. The van der Waals surface area contributed by atoms with Gasteiger partial charge in [0.1, 0.15) is 53.8 Å². The molecule has 3 aromatic heterocycles. The second-order valence-corrected chi connectivity index (χ2v) is 23.5. The number of fused-ring (bicyclic) bond motifs is 4. The van der Waals surface area contributed by atoms with E-state index in [1.165, 1.54) is 0 Å². The molecule has 7 aliphatic rings. The van der Waals surface area contributed by atoms with Crippen LogP contribution in [-0.2, 0) is 31.1 Å². The van der Waals surface area contributed by atoms with Gasteiger partial charge in [-0.25, -0.2) is 0 Å². The molecular formula is C65H75N5O13. The first-order valence-electron chi connectivity index (χ1n) is 28.6. The number of aliphatic hydroxyl groups excluding tert-OH is 1. The van der Waals surface area contributed by atoms with E-state index in [0.717, 1.165) is 23.1 Å². The van der Waals surface area contributed by atoms with Crippen LogP contribution in [0.15, 0.2) is 141 Å². The molecule has 18 heteroatoms. The predicted molar refractivity (Wildman–Crippen MR) is 305 cm³/mol. The molecule has 3 aromatic carbocycles. The first kappa shape index (κ1) is 58.9. The van der Waals surface area contributed by atoms with Gasteiger partial charge in [0.15, 0.2) is 22.9 Å². The summed E-state index contributed by atoms with van der Waals surface area (Å²) in [7, 11) is 7.54. The van der Waals surface area contributed by atoms with Crippen molar-refractivity contribution >= 4 is 17.3 Å². The van der Waals surface area contributed by atoms with Gasteiger partial charge in [-0.2, -0.15) is 0 Å². The number of aliphatic hydroxyl groups is 3. The number of aromatic nitrogens is 3. The smallest absolute Gasteiger partial charge is 0.265 e. The fourth-order valence-electron chi connectivity index (χ4n) is 12.7. The van der Waals surface area contributed by atoms with E-state index in [1.54, 1.807) is 25.2 Å². The van der Waals surface area contributed by atoms with Gasteiger partial charge in [0.25, 0.3) is 17.6 Å². The number of carbonyl (C=O) groups is 3. The number of hydrogen-bond acceptors (Lipinski definition) is 18. The van der Waals surface area contributed by atoms with Gasteiger partial charge < -0.3 is 52.7 Å². The maximum absolute atomic E-state index is 13.7. The van der Waals surface area contributed by atoms with Crippen molar-refractivity contribution in [2.24, 2.45) is 41.4 Å². The Kier molecular flexibility index (Phi) is 16.8. The van der Waals surface area contributed by atoms with Crippen LogP contribution < -0.4 is 14.2 Å². The zero-order chi connectivity index (χ0) is 59.1. The molecule has 0 saturated carbocycles. The van der Waals surface area contributed by atoms with Crippen LogP contribution in [0.2, 0.25) is 0 Å². The molecule has 3 N–H and O–H groups in total. The number of allylic oxidation sites excluding steroid dienone is 2. The highest BCUT2D eigenvalue weighted by atomic mass is 16.6. The predicted octanol–water partition coefficient (Wildman–Crippen LogP) is 9.58. The highest BCUT2D eigenvalue weighted by molar-refractivity contribution is 6.09. The summed E-state index contributed by atoms with van der Waals surface area (Å²) in [5.41, 5.74) is -0.413. The Morgan fingerprint density at radius 1 is 0.639 bits per heavy atom. The fourth-order valence-corrected chi connectivity index (χ4v) is 12.7. The molecule has 0 radical (unpaired) electrons. The number of carbonyl (C=O) groups excluding carboxylic acids is 3. The van der Waals surface area contributed by atoms with Crippen LogP contribution in [0.4, 0.5) is 0 Å². The number of benzene rings is 3. The third-order valence-corrected chi connectivity index (χ3v) is 18.0. The number of Topliss-reactive ketones (excluding diaryl/α,β-unsaturated/α-hetero) is 3. The number of hydrogen-bond donors (Lipinski definition) is 3. The van der Waals surface area contributed by atoms with E-state index >= 15 is 0 Å². The van der Waals surface area contributed by atoms with Gasteiger partial charge in [0.05, 0.1) is 18.7 Å². The minimum absolute atomic E-state index is 0.0316. The van der Waals surface area contributed by atoms with Crippen LogP contribution in [0.5, 0.6) is 17.6 Å². The molecule has 6 aromatic rings. The van der Waals surface area contributed by atoms with Crippen LogP contribution in [0.25, 0.3) is 0 Å². The molecule has 13 rings (SSSR count). The van der Waals surface area contributed by atoms with Crippen LogP contribution in [-0.4, -0.2) is 115 Å². The lowest BCUT2D eigenvalue weighted by atomic mass is 9.61. The lowest BCUT2D eigenvalue weighted by Gasteiger charge is -2.48. The van der Waals surface area contributed by atoms with E-state index in [-0.39, 0.29) is 89.6 Å². The molecule has 0 spiro atoms. The Labute approximate surface area is 483 Å². The average molecular weight is 1130 g/mol. The van der Waals surface area contributed by atoms with E-state index in [2.05, 4.69) is 49.2 Å². The maximum atomic E-state index is 13.7. The van der Waals surface area contributed by atoms with Crippen molar-refractivity contribution in [1.82, 2.24) is 25.3 Å². The third kappa shape index (κ3) is 10.7. The molecule has 0 unspecified atom stereocenters. The van der Waals surface area contributed by atoms with Crippen molar-refractivity contribution in [2.45, 2.75) is 115 Å². The van der Waals surface area contributed by atoms with E-state index in [0.29, 0.717) is 41.6 Å². The van der Waals surface area contributed by atoms with Crippen molar-refractivity contribution in [3.05, 3.63) is 178 Å². The molecule has 438 valence electrons. The topological polar surface area (TPSA) is 237 Å². The second kappa shape index (κ2) is 23.7. The maximum Gasteiger partial charge on any atom is 0.265 e. The molecule has 83 heavy (non-hydrogen) atoms. The highest BCUT2D eigenvalue weighted by Gasteiger charge is 2.68. The van der Waals surface area contributed by atoms with Gasteiger partial charge >= 0.3 is 0 Å². The minimum atomic E-state index is -1.77. The summed E-state index contributed by atoms with van der Waals surface area (Å²) < 4.78 is 40.1. The van der Waals surface area contributed by atoms with E-state index < -0.39 is 46.6 Å². The van der Waals surface area contributed by atoms with Crippen molar-refractivity contribution in [3.63, 3.8) is 0 Å². The summed E-state index contributed by atoms with van der Waals surface area (Å²) in [5.74, 6) is 0.174. The lowest BCUT2D eigenvalue weighted by Crippen LogP contribution is -2.61. The normalized spacial score (nSPS) is 30.6.